The van der Waals surface area contributed by atoms with E-state index in [0.717, 1.165) is 11.4 Å². The molecule has 41 heavy (non-hydrogen) atoms. The molecule has 0 N–H and O–H groups in total. The van der Waals surface area contributed by atoms with Crippen molar-refractivity contribution in [3.8, 4) is 11.1 Å². The van der Waals surface area contributed by atoms with Gasteiger partial charge in [-0.3, -0.25) is 4.99 Å². The lowest BCUT2D eigenvalue weighted by molar-refractivity contribution is 0.696. The quantitative estimate of drug-likeness (QED) is 0.220. The minimum absolute atomic E-state index is 0.112. The summed E-state index contributed by atoms with van der Waals surface area (Å²) in [5.74, 6) is 0. The van der Waals surface area contributed by atoms with Crippen LogP contribution in [0.1, 0.15) is 11.7 Å². The summed E-state index contributed by atoms with van der Waals surface area (Å²) in [7, 11) is 0. The van der Waals surface area contributed by atoms with E-state index in [9.17, 15) is 0 Å². The Morgan fingerprint density at radius 3 is 2.22 bits per heavy atom. The van der Waals surface area contributed by atoms with Crippen LogP contribution in [-0.4, -0.2) is 11.8 Å². The summed E-state index contributed by atoms with van der Waals surface area (Å²) < 4.78 is 0. The third-order valence-corrected chi connectivity index (χ3v) is 9.04. The average molecular weight is 546 g/mol. The Bertz CT molecular complexity index is 1840. The van der Waals surface area contributed by atoms with E-state index in [1.165, 1.54) is 43.5 Å². The minimum Gasteiger partial charge on any atom is -0.334 e. The normalized spacial score (nSPS) is 18.5. The number of anilines is 4. The monoisotopic (exact) mass is 545 g/mol. The van der Waals surface area contributed by atoms with Gasteiger partial charge in [0.05, 0.1) is 23.1 Å². The van der Waals surface area contributed by atoms with E-state index in [1.807, 2.05) is 11.8 Å². The van der Waals surface area contributed by atoms with E-state index >= 15 is 0 Å². The number of para-hydroxylation sites is 2. The molecule has 2 heterocycles. The van der Waals surface area contributed by atoms with Gasteiger partial charge in [-0.1, -0.05) is 109 Å². The molecule has 0 saturated heterocycles. The molecule has 0 fully saturated rings. The summed E-state index contributed by atoms with van der Waals surface area (Å²) in [6.45, 7) is 0. The summed E-state index contributed by atoms with van der Waals surface area (Å²) in [5, 5.41) is 0. The molecule has 1 aliphatic carbocycles. The van der Waals surface area contributed by atoms with Gasteiger partial charge in [-0.05, 0) is 71.3 Å². The highest BCUT2D eigenvalue weighted by Gasteiger charge is 2.36. The van der Waals surface area contributed by atoms with Gasteiger partial charge in [-0.2, -0.15) is 0 Å². The lowest BCUT2D eigenvalue weighted by Crippen LogP contribution is -2.35. The fourth-order valence-electron chi connectivity index (χ4n) is 6.04. The smallest absolute Gasteiger partial charge is 0.148 e. The standard InChI is InChI=1S/C37H27N3S/c1-3-12-26(13-4-1)27-22-23-34-36(25-27)41-35-21-10-9-20-33(35)39(34)30-17-11-14-28(24-30)37-38-31-18-7-8-19-32(31)40(37)29-15-5-2-6-16-29/h1-25,32,37H. The van der Waals surface area contributed by atoms with E-state index in [1.54, 1.807) is 0 Å². The fourth-order valence-corrected chi connectivity index (χ4v) is 7.14. The van der Waals surface area contributed by atoms with E-state index in [4.69, 9.17) is 4.99 Å². The van der Waals surface area contributed by atoms with Crippen LogP contribution in [0.4, 0.5) is 22.7 Å². The number of aliphatic imine (C=N–C) groups is 1. The van der Waals surface area contributed by atoms with Crippen LogP contribution in [0, 0.1) is 0 Å². The molecule has 8 rings (SSSR count). The van der Waals surface area contributed by atoms with Gasteiger partial charge in [0, 0.05) is 21.2 Å². The Kier molecular flexibility index (Phi) is 5.86. The predicted molar refractivity (Wildman–Crippen MR) is 172 cm³/mol. The topological polar surface area (TPSA) is 18.8 Å². The van der Waals surface area contributed by atoms with Crippen LogP contribution >= 0.6 is 11.8 Å². The van der Waals surface area contributed by atoms with Crippen molar-refractivity contribution < 1.29 is 0 Å². The van der Waals surface area contributed by atoms with Gasteiger partial charge >= 0.3 is 0 Å². The number of allylic oxidation sites excluding steroid dienone is 2. The molecule has 0 radical (unpaired) electrons. The van der Waals surface area contributed by atoms with E-state index in [2.05, 4.69) is 161 Å². The zero-order valence-electron chi connectivity index (χ0n) is 22.3. The van der Waals surface area contributed by atoms with Crippen LogP contribution in [0.3, 0.4) is 0 Å². The summed E-state index contributed by atoms with van der Waals surface area (Å²) in [6.07, 6.45) is 8.48. The van der Waals surface area contributed by atoms with Gasteiger partial charge in [0.1, 0.15) is 6.17 Å². The Labute approximate surface area is 244 Å². The lowest BCUT2D eigenvalue weighted by Gasteiger charge is -2.34. The molecule has 2 unspecified atom stereocenters. The Morgan fingerprint density at radius 2 is 1.34 bits per heavy atom. The predicted octanol–water partition coefficient (Wildman–Crippen LogP) is 9.74. The van der Waals surface area contributed by atoms with E-state index < -0.39 is 0 Å². The van der Waals surface area contributed by atoms with Crippen molar-refractivity contribution in [3.05, 3.63) is 157 Å². The molecule has 0 spiro atoms. The van der Waals surface area contributed by atoms with Crippen molar-refractivity contribution in [1.29, 1.82) is 0 Å². The van der Waals surface area contributed by atoms with Crippen molar-refractivity contribution >= 4 is 40.2 Å². The number of hydrogen-bond donors (Lipinski definition) is 0. The van der Waals surface area contributed by atoms with E-state index in [-0.39, 0.29) is 12.2 Å². The summed E-state index contributed by atoms with van der Waals surface area (Å²) in [4.78, 5) is 12.6. The third-order valence-electron chi connectivity index (χ3n) is 7.92. The highest BCUT2D eigenvalue weighted by molar-refractivity contribution is 7.99. The van der Waals surface area contributed by atoms with Gasteiger partial charge in [0.25, 0.3) is 0 Å². The van der Waals surface area contributed by atoms with Crippen molar-refractivity contribution in [2.45, 2.75) is 22.0 Å². The van der Waals surface area contributed by atoms with E-state index in [0.29, 0.717) is 0 Å². The molecule has 0 saturated carbocycles. The Hall–Kier alpha value is -4.80. The van der Waals surface area contributed by atoms with Crippen LogP contribution in [-0.2, 0) is 0 Å². The number of benzene rings is 5. The average Bonchev–Trinajstić information content (AvgIpc) is 3.44. The minimum atomic E-state index is -0.112. The molecule has 4 heteroatoms. The van der Waals surface area contributed by atoms with Crippen LogP contribution in [0.25, 0.3) is 11.1 Å². The number of rotatable bonds is 4. The second kappa shape index (κ2) is 9.99. The van der Waals surface area contributed by atoms with Crippen LogP contribution in [0.5, 0.6) is 0 Å². The first-order valence-electron chi connectivity index (χ1n) is 14.0. The second-order valence-corrected chi connectivity index (χ2v) is 11.5. The van der Waals surface area contributed by atoms with Gasteiger partial charge in [0.2, 0.25) is 0 Å². The first kappa shape index (κ1) is 24.0. The molecule has 0 bridgehead atoms. The van der Waals surface area contributed by atoms with Crippen molar-refractivity contribution in [1.82, 2.24) is 0 Å². The summed E-state index contributed by atoms with van der Waals surface area (Å²) in [5.41, 5.74) is 9.44. The van der Waals surface area contributed by atoms with Crippen LogP contribution in [0.2, 0.25) is 0 Å². The highest BCUT2D eigenvalue weighted by Crippen LogP contribution is 2.52. The molecular formula is C37H27N3S. The number of hydrogen-bond acceptors (Lipinski definition) is 4. The van der Waals surface area contributed by atoms with Crippen molar-refractivity contribution in [3.63, 3.8) is 0 Å². The summed E-state index contributed by atoms with van der Waals surface area (Å²) >= 11 is 1.84. The maximum atomic E-state index is 5.24. The van der Waals surface area contributed by atoms with Gasteiger partial charge in [-0.25, -0.2) is 0 Å². The molecule has 5 aromatic rings. The first-order valence-corrected chi connectivity index (χ1v) is 14.8. The molecule has 196 valence electrons. The van der Waals surface area contributed by atoms with Crippen LogP contribution in [0.15, 0.2) is 166 Å². The fraction of sp³-hybridized carbons (Fsp3) is 0.0541. The van der Waals surface area contributed by atoms with Gasteiger partial charge < -0.3 is 9.80 Å². The Morgan fingerprint density at radius 1 is 0.585 bits per heavy atom. The SMILES string of the molecule is C1=CC2=NC(c3cccc(N4c5ccccc5Sc5cc(-c6ccccc6)ccc54)c3)N(c3ccccc3)C2C=C1. The highest BCUT2D eigenvalue weighted by atomic mass is 32.2. The third kappa shape index (κ3) is 4.19. The molecule has 0 aromatic heterocycles. The zero-order valence-corrected chi connectivity index (χ0v) is 23.2. The van der Waals surface area contributed by atoms with Gasteiger partial charge in [0.15, 0.2) is 0 Å². The largest absolute Gasteiger partial charge is 0.334 e. The molecular weight excluding hydrogens is 518 g/mol. The van der Waals surface area contributed by atoms with Crippen molar-refractivity contribution in [2.24, 2.45) is 4.99 Å². The van der Waals surface area contributed by atoms with Crippen molar-refractivity contribution in [2.75, 3.05) is 9.80 Å². The summed E-state index contributed by atoms with van der Waals surface area (Å²) in [6, 6.07) is 45.8. The Balaban J connectivity index is 1.24. The molecule has 0 amide bonds. The maximum Gasteiger partial charge on any atom is 0.148 e. The lowest BCUT2D eigenvalue weighted by atomic mass is 10.0. The molecule has 3 nitrogen and oxygen atoms in total. The van der Waals surface area contributed by atoms with Crippen LogP contribution < -0.4 is 9.80 Å². The number of fused-ring (bicyclic) bond motifs is 3. The zero-order chi connectivity index (χ0) is 27.2. The first-order chi connectivity index (χ1) is 20.3. The molecule has 2 atom stereocenters. The molecule has 2 aliphatic heterocycles. The number of nitrogens with zero attached hydrogens (tertiary/aromatic N) is 3. The molecule has 3 aliphatic rings. The second-order valence-electron chi connectivity index (χ2n) is 10.4. The van der Waals surface area contributed by atoms with Gasteiger partial charge in [-0.15, -0.1) is 0 Å². The molecule has 5 aromatic carbocycles. The maximum absolute atomic E-state index is 5.24.